The Morgan fingerprint density at radius 1 is 1.57 bits per heavy atom. The van der Waals surface area contributed by atoms with Crippen molar-refractivity contribution in [2.45, 2.75) is 45.1 Å². The summed E-state index contributed by atoms with van der Waals surface area (Å²) in [6, 6.07) is 0. The molecular formula is C11H18N2O. The van der Waals surface area contributed by atoms with Crippen LogP contribution in [0.3, 0.4) is 0 Å². The number of imidazole rings is 1. The zero-order valence-electron chi connectivity index (χ0n) is 8.66. The Morgan fingerprint density at radius 2 is 2.29 bits per heavy atom. The lowest BCUT2D eigenvalue weighted by atomic mass is 9.81. The molecule has 0 aromatic carbocycles. The monoisotopic (exact) mass is 194 g/mol. The molecule has 0 amide bonds. The molecule has 1 aromatic heterocycles. The average molecular weight is 194 g/mol. The third-order valence-electron chi connectivity index (χ3n) is 3.49. The molecule has 1 unspecified atom stereocenters. The van der Waals surface area contributed by atoms with Crippen molar-refractivity contribution < 1.29 is 5.11 Å². The molecule has 0 saturated heterocycles. The Bertz CT molecular complexity index is 275. The van der Waals surface area contributed by atoms with Crippen molar-refractivity contribution >= 4 is 0 Å². The van der Waals surface area contributed by atoms with Crippen LogP contribution in [-0.2, 0) is 6.42 Å². The van der Waals surface area contributed by atoms with Crippen molar-refractivity contribution in [3.05, 3.63) is 18.2 Å². The predicted octanol–water partition coefficient (Wildman–Crippen LogP) is 1.89. The molecule has 1 heterocycles. The Balaban J connectivity index is 1.98. The van der Waals surface area contributed by atoms with Gasteiger partial charge in [-0.25, -0.2) is 4.98 Å². The van der Waals surface area contributed by atoms with Gasteiger partial charge in [-0.1, -0.05) is 19.8 Å². The van der Waals surface area contributed by atoms with Crippen LogP contribution in [0.4, 0.5) is 0 Å². The lowest BCUT2D eigenvalue weighted by molar-refractivity contribution is 0.0409. The van der Waals surface area contributed by atoms with Crippen LogP contribution in [0.5, 0.6) is 0 Å². The number of aliphatic hydroxyl groups excluding tert-OH is 1. The molecule has 1 aliphatic carbocycles. The van der Waals surface area contributed by atoms with Crippen molar-refractivity contribution in [2.75, 3.05) is 0 Å². The second kappa shape index (κ2) is 3.73. The van der Waals surface area contributed by atoms with Gasteiger partial charge in [-0.2, -0.15) is 0 Å². The number of rotatable bonds is 3. The highest BCUT2D eigenvalue weighted by molar-refractivity contribution is 4.95. The molecule has 1 aromatic rings. The minimum atomic E-state index is -0.254. The molecule has 2 N–H and O–H groups in total. The SMILES string of the molecule is CC1(C(O)Cc2ncc[nH]2)CCCC1. The first-order valence-electron chi connectivity index (χ1n) is 5.37. The van der Waals surface area contributed by atoms with Gasteiger partial charge in [0.05, 0.1) is 6.10 Å². The van der Waals surface area contributed by atoms with E-state index < -0.39 is 0 Å². The first kappa shape index (κ1) is 9.71. The summed E-state index contributed by atoms with van der Waals surface area (Å²) < 4.78 is 0. The summed E-state index contributed by atoms with van der Waals surface area (Å²) in [5.41, 5.74) is 0.118. The minimum absolute atomic E-state index is 0.118. The van der Waals surface area contributed by atoms with Crippen molar-refractivity contribution in [3.63, 3.8) is 0 Å². The number of aromatic nitrogens is 2. The normalized spacial score (nSPS) is 22.4. The number of hydrogen-bond acceptors (Lipinski definition) is 2. The van der Waals surface area contributed by atoms with E-state index in [1.54, 1.807) is 12.4 Å². The van der Waals surface area contributed by atoms with Crippen LogP contribution in [-0.4, -0.2) is 21.2 Å². The zero-order valence-corrected chi connectivity index (χ0v) is 8.66. The highest BCUT2D eigenvalue weighted by atomic mass is 16.3. The number of aromatic amines is 1. The summed E-state index contributed by atoms with van der Waals surface area (Å²) in [6.45, 7) is 2.19. The van der Waals surface area contributed by atoms with Crippen molar-refractivity contribution in [1.29, 1.82) is 0 Å². The Hall–Kier alpha value is -0.830. The molecule has 0 aliphatic heterocycles. The van der Waals surface area contributed by atoms with Crippen LogP contribution in [0.25, 0.3) is 0 Å². The van der Waals surface area contributed by atoms with Crippen LogP contribution in [0.2, 0.25) is 0 Å². The zero-order chi connectivity index (χ0) is 10.0. The molecule has 1 fully saturated rings. The van der Waals surface area contributed by atoms with Gasteiger partial charge in [-0.15, -0.1) is 0 Å². The molecule has 2 rings (SSSR count). The second-order valence-electron chi connectivity index (χ2n) is 4.62. The quantitative estimate of drug-likeness (QED) is 0.772. The van der Waals surface area contributed by atoms with E-state index in [1.165, 1.54) is 12.8 Å². The maximum Gasteiger partial charge on any atom is 0.108 e. The van der Waals surface area contributed by atoms with Crippen LogP contribution < -0.4 is 0 Å². The lowest BCUT2D eigenvalue weighted by Crippen LogP contribution is -2.31. The van der Waals surface area contributed by atoms with Gasteiger partial charge < -0.3 is 10.1 Å². The maximum absolute atomic E-state index is 10.1. The maximum atomic E-state index is 10.1. The number of H-pyrrole nitrogens is 1. The van der Waals surface area contributed by atoms with Crippen molar-refractivity contribution in [2.24, 2.45) is 5.41 Å². The summed E-state index contributed by atoms with van der Waals surface area (Å²) >= 11 is 0. The summed E-state index contributed by atoms with van der Waals surface area (Å²) in [6.07, 6.45) is 8.75. The van der Waals surface area contributed by atoms with E-state index in [9.17, 15) is 5.11 Å². The molecular weight excluding hydrogens is 176 g/mol. The summed E-state index contributed by atoms with van der Waals surface area (Å²) in [4.78, 5) is 7.18. The highest BCUT2D eigenvalue weighted by Gasteiger charge is 2.36. The smallest absolute Gasteiger partial charge is 0.108 e. The number of aliphatic hydroxyl groups is 1. The molecule has 0 bridgehead atoms. The Morgan fingerprint density at radius 3 is 2.86 bits per heavy atom. The van der Waals surface area contributed by atoms with Gasteiger partial charge in [-0.05, 0) is 18.3 Å². The minimum Gasteiger partial charge on any atom is -0.392 e. The average Bonchev–Trinajstić information content (AvgIpc) is 2.76. The first-order valence-corrected chi connectivity index (χ1v) is 5.37. The van der Waals surface area contributed by atoms with Crippen LogP contribution in [0, 0.1) is 5.41 Å². The first-order chi connectivity index (χ1) is 6.71. The Labute approximate surface area is 84.6 Å². The predicted molar refractivity (Wildman–Crippen MR) is 54.9 cm³/mol. The molecule has 1 aliphatic rings. The Kier molecular flexibility index (Phi) is 2.59. The van der Waals surface area contributed by atoms with Crippen molar-refractivity contribution in [1.82, 2.24) is 9.97 Å². The molecule has 0 spiro atoms. The van der Waals surface area contributed by atoms with Gasteiger partial charge in [-0.3, -0.25) is 0 Å². The standard InChI is InChI=1S/C11H18N2O/c1-11(4-2-3-5-11)9(14)8-10-12-6-7-13-10/h6-7,9,14H,2-5,8H2,1H3,(H,12,13). The van der Waals surface area contributed by atoms with Crippen LogP contribution in [0.1, 0.15) is 38.4 Å². The van der Waals surface area contributed by atoms with Crippen LogP contribution >= 0.6 is 0 Å². The van der Waals surface area contributed by atoms with E-state index in [0.29, 0.717) is 6.42 Å². The molecule has 1 saturated carbocycles. The largest absolute Gasteiger partial charge is 0.392 e. The van der Waals surface area contributed by atoms with Gasteiger partial charge in [0, 0.05) is 18.8 Å². The van der Waals surface area contributed by atoms with Gasteiger partial charge in [0.2, 0.25) is 0 Å². The summed E-state index contributed by atoms with van der Waals surface area (Å²) in [5.74, 6) is 0.894. The number of nitrogens with one attached hydrogen (secondary N) is 1. The summed E-state index contributed by atoms with van der Waals surface area (Å²) in [5, 5.41) is 10.1. The van der Waals surface area contributed by atoms with E-state index in [4.69, 9.17) is 0 Å². The van der Waals surface area contributed by atoms with Crippen molar-refractivity contribution in [3.8, 4) is 0 Å². The van der Waals surface area contributed by atoms with Gasteiger partial charge in [0.1, 0.15) is 5.82 Å². The van der Waals surface area contributed by atoms with E-state index in [1.807, 2.05) is 0 Å². The molecule has 14 heavy (non-hydrogen) atoms. The third kappa shape index (κ3) is 1.82. The van der Waals surface area contributed by atoms with Gasteiger partial charge in [0.25, 0.3) is 0 Å². The number of hydrogen-bond donors (Lipinski definition) is 2. The number of nitrogens with zero attached hydrogens (tertiary/aromatic N) is 1. The van der Waals surface area contributed by atoms with E-state index >= 15 is 0 Å². The third-order valence-corrected chi connectivity index (χ3v) is 3.49. The van der Waals surface area contributed by atoms with E-state index in [0.717, 1.165) is 18.7 Å². The second-order valence-corrected chi connectivity index (χ2v) is 4.62. The fraction of sp³-hybridized carbons (Fsp3) is 0.727. The molecule has 78 valence electrons. The van der Waals surface area contributed by atoms with E-state index in [-0.39, 0.29) is 11.5 Å². The highest BCUT2D eigenvalue weighted by Crippen LogP contribution is 2.41. The topological polar surface area (TPSA) is 48.9 Å². The fourth-order valence-corrected chi connectivity index (χ4v) is 2.36. The summed E-state index contributed by atoms with van der Waals surface area (Å²) in [7, 11) is 0. The molecule has 1 atom stereocenters. The molecule has 0 radical (unpaired) electrons. The molecule has 3 nitrogen and oxygen atoms in total. The van der Waals surface area contributed by atoms with Gasteiger partial charge in [0.15, 0.2) is 0 Å². The fourth-order valence-electron chi connectivity index (χ4n) is 2.36. The molecule has 3 heteroatoms. The van der Waals surface area contributed by atoms with Gasteiger partial charge >= 0.3 is 0 Å². The van der Waals surface area contributed by atoms with Crippen LogP contribution in [0.15, 0.2) is 12.4 Å². The lowest BCUT2D eigenvalue weighted by Gasteiger charge is -2.29. The van der Waals surface area contributed by atoms with E-state index in [2.05, 4.69) is 16.9 Å².